The van der Waals surface area contributed by atoms with Crippen molar-refractivity contribution in [3.05, 3.63) is 58.6 Å². The fraction of sp³-hybridized carbons (Fsp3) is 0.263. The molecule has 2 aromatic rings. The maximum absolute atomic E-state index is 12.2. The molecule has 1 amide bonds. The fourth-order valence-corrected chi connectivity index (χ4v) is 2.99. The molecule has 2 rings (SSSR count). The van der Waals surface area contributed by atoms with Crippen molar-refractivity contribution in [2.24, 2.45) is 0 Å². The van der Waals surface area contributed by atoms with E-state index >= 15 is 0 Å². The van der Waals surface area contributed by atoms with Crippen LogP contribution in [0.3, 0.4) is 0 Å². The largest absolute Gasteiger partial charge is 0.497 e. The summed E-state index contributed by atoms with van der Waals surface area (Å²) in [7, 11) is 1.55. The maximum atomic E-state index is 12.2. The molecule has 9 heteroatoms. The molecule has 0 aliphatic rings. The first-order valence-electron chi connectivity index (χ1n) is 8.36. The highest BCUT2D eigenvalue weighted by Gasteiger charge is 2.23. The monoisotopic (exact) mass is 404 g/mol. The number of nitrogens with zero attached hydrogens (tertiary/aromatic N) is 1. The van der Waals surface area contributed by atoms with Gasteiger partial charge in [-0.2, -0.15) is 0 Å². The van der Waals surface area contributed by atoms with E-state index in [0.717, 1.165) is 0 Å². The van der Waals surface area contributed by atoms with Crippen molar-refractivity contribution in [1.29, 1.82) is 0 Å². The van der Waals surface area contributed by atoms with Crippen molar-refractivity contribution in [2.45, 2.75) is 30.1 Å². The van der Waals surface area contributed by atoms with E-state index < -0.39 is 28.2 Å². The number of esters is 1. The molecule has 0 radical (unpaired) electrons. The molecular formula is C19H20N2O6S. The van der Waals surface area contributed by atoms with Crippen molar-refractivity contribution in [3.8, 4) is 5.75 Å². The Kier molecular flexibility index (Phi) is 7.39. The van der Waals surface area contributed by atoms with Gasteiger partial charge >= 0.3 is 5.97 Å². The second-order valence-corrected chi connectivity index (χ2v) is 7.22. The molecule has 0 saturated carbocycles. The van der Waals surface area contributed by atoms with Crippen LogP contribution in [0, 0.1) is 10.1 Å². The summed E-state index contributed by atoms with van der Waals surface area (Å²) < 4.78 is 10.3. The Labute approximate surface area is 166 Å². The molecule has 0 aliphatic heterocycles. The number of non-ortho nitro benzene ring substituents is 1. The van der Waals surface area contributed by atoms with Crippen LogP contribution in [0.4, 0.5) is 11.4 Å². The summed E-state index contributed by atoms with van der Waals surface area (Å²) in [6.07, 6.45) is -0.977. The number of nitro groups is 1. The number of hydrogen-bond acceptors (Lipinski definition) is 7. The van der Waals surface area contributed by atoms with Gasteiger partial charge in [-0.3, -0.25) is 19.7 Å². The molecule has 0 bridgehead atoms. The first kappa shape index (κ1) is 21.2. The highest BCUT2D eigenvalue weighted by Crippen LogP contribution is 2.26. The van der Waals surface area contributed by atoms with Crippen molar-refractivity contribution in [1.82, 2.24) is 0 Å². The van der Waals surface area contributed by atoms with Crippen molar-refractivity contribution in [3.63, 3.8) is 0 Å². The van der Waals surface area contributed by atoms with Crippen LogP contribution < -0.4 is 10.1 Å². The number of benzene rings is 2. The molecule has 1 N–H and O–H groups in total. The molecule has 28 heavy (non-hydrogen) atoms. The summed E-state index contributed by atoms with van der Waals surface area (Å²) in [5.41, 5.74) is 0.533. The van der Waals surface area contributed by atoms with Crippen LogP contribution in [0.25, 0.3) is 0 Å². The second-order valence-electron chi connectivity index (χ2n) is 5.81. The van der Waals surface area contributed by atoms with Crippen LogP contribution in [-0.2, 0) is 14.3 Å². The number of carbonyl (C=O) groups excluding carboxylic acids is 2. The van der Waals surface area contributed by atoms with Crippen molar-refractivity contribution < 1.29 is 24.0 Å². The maximum Gasteiger partial charge on any atom is 0.319 e. The van der Waals surface area contributed by atoms with E-state index in [1.54, 1.807) is 50.4 Å². The van der Waals surface area contributed by atoms with Gasteiger partial charge < -0.3 is 14.8 Å². The van der Waals surface area contributed by atoms with Gasteiger partial charge in [0.15, 0.2) is 6.10 Å². The molecule has 0 spiro atoms. The summed E-state index contributed by atoms with van der Waals surface area (Å²) in [5.74, 6) is -0.346. The number of amides is 1. The van der Waals surface area contributed by atoms with Crippen LogP contribution in [0.15, 0.2) is 53.4 Å². The molecule has 2 atom stereocenters. The third kappa shape index (κ3) is 5.98. The molecule has 2 aromatic carbocycles. The van der Waals surface area contributed by atoms with Gasteiger partial charge in [-0.15, -0.1) is 11.8 Å². The highest BCUT2D eigenvalue weighted by molar-refractivity contribution is 8.00. The topological polar surface area (TPSA) is 108 Å². The lowest BCUT2D eigenvalue weighted by Crippen LogP contribution is -2.32. The van der Waals surface area contributed by atoms with Gasteiger partial charge in [0.05, 0.1) is 12.0 Å². The molecule has 0 aliphatic carbocycles. The number of methoxy groups -OCH3 is 1. The fourth-order valence-electron chi connectivity index (χ4n) is 2.14. The summed E-state index contributed by atoms with van der Waals surface area (Å²) in [5, 5.41) is 12.7. The molecule has 0 fully saturated rings. The summed E-state index contributed by atoms with van der Waals surface area (Å²) in [6.45, 7) is 3.13. The van der Waals surface area contributed by atoms with Gasteiger partial charge in [-0.1, -0.05) is 0 Å². The molecule has 8 nitrogen and oxygen atoms in total. The minimum atomic E-state index is -0.977. The van der Waals surface area contributed by atoms with Crippen LogP contribution in [0.2, 0.25) is 0 Å². The number of nitrogens with one attached hydrogen (secondary N) is 1. The first-order valence-corrected chi connectivity index (χ1v) is 9.24. The van der Waals surface area contributed by atoms with Crippen LogP contribution in [-0.4, -0.2) is 35.3 Å². The molecule has 148 valence electrons. The molecule has 0 aromatic heterocycles. The van der Waals surface area contributed by atoms with Gasteiger partial charge in [0.2, 0.25) is 0 Å². The Hall–Kier alpha value is -3.07. The van der Waals surface area contributed by atoms with Gasteiger partial charge in [-0.05, 0) is 50.2 Å². The Morgan fingerprint density at radius 3 is 2.21 bits per heavy atom. The van der Waals surface area contributed by atoms with Crippen LogP contribution in [0.1, 0.15) is 13.8 Å². The lowest BCUT2D eigenvalue weighted by molar-refractivity contribution is -0.384. The lowest BCUT2D eigenvalue weighted by atomic mass is 10.3. The minimum absolute atomic E-state index is 0.0246. The average molecular weight is 404 g/mol. The van der Waals surface area contributed by atoms with Gasteiger partial charge in [-0.25, -0.2) is 0 Å². The molecule has 0 unspecified atom stereocenters. The zero-order chi connectivity index (χ0) is 20.7. The third-order valence-corrected chi connectivity index (χ3v) is 4.80. The van der Waals surface area contributed by atoms with E-state index in [-0.39, 0.29) is 5.69 Å². The number of thioether (sulfide) groups is 1. The summed E-state index contributed by atoms with van der Waals surface area (Å²) in [6, 6.07) is 12.6. The zero-order valence-corrected chi connectivity index (χ0v) is 16.4. The Morgan fingerprint density at radius 1 is 1.07 bits per heavy atom. The normalized spacial score (nSPS) is 12.5. The van der Waals surface area contributed by atoms with E-state index in [2.05, 4.69) is 5.32 Å². The molecule has 0 heterocycles. The Balaban J connectivity index is 1.87. The highest BCUT2D eigenvalue weighted by atomic mass is 32.2. The predicted octanol–water partition coefficient (Wildman–Crippen LogP) is 3.65. The van der Waals surface area contributed by atoms with Gasteiger partial charge in [0.25, 0.3) is 11.6 Å². The molecular weight excluding hydrogens is 384 g/mol. The van der Waals surface area contributed by atoms with E-state index in [1.165, 1.54) is 30.8 Å². The summed E-state index contributed by atoms with van der Waals surface area (Å²) >= 11 is 1.19. The predicted molar refractivity (Wildman–Crippen MR) is 106 cm³/mol. The van der Waals surface area contributed by atoms with Crippen LogP contribution in [0.5, 0.6) is 5.75 Å². The molecule has 0 saturated heterocycles. The van der Waals surface area contributed by atoms with Crippen LogP contribution >= 0.6 is 11.8 Å². The lowest BCUT2D eigenvalue weighted by Gasteiger charge is -2.16. The summed E-state index contributed by atoms with van der Waals surface area (Å²) in [4.78, 5) is 35.3. The average Bonchev–Trinajstić information content (AvgIpc) is 2.68. The number of ether oxygens (including phenoxy) is 2. The third-order valence-electron chi connectivity index (χ3n) is 3.71. The van der Waals surface area contributed by atoms with E-state index in [0.29, 0.717) is 16.3 Å². The number of hydrogen-bond donors (Lipinski definition) is 1. The van der Waals surface area contributed by atoms with Crippen molar-refractivity contribution in [2.75, 3.05) is 12.4 Å². The van der Waals surface area contributed by atoms with Gasteiger partial charge in [0, 0.05) is 22.7 Å². The Bertz CT molecular complexity index is 839. The Morgan fingerprint density at radius 2 is 1.68 bits per heavy atom. The number of nitro benzene ring substituents is 1. The minimum Gasteiger partial charge on any atom is -0.497 e. The quantitative estimate of drug-likeness (QED) is 0.310. The number of anilines is 1. The van der Waals surface area contributed by atoms with Gasteiger partial charge in [0.1, 0.15) is 11.0 Å². The van der Waals surface area contributed by atoms with E-state index in [1.807, 2.05) is 0 Å². The SMILES string of the molecule is COc1ccc(NC(=O)[C@@H](C)OC(=O)[C@H](C)Sc2ccc([N+](=O)[O-])cc2)cc1. The van der Waals surface area contributed by atoms with E-state index in [4.69, 9.17) is 9.47 Å². The number of rotatable bonds is 8. The standard InChI is InChI=1S/C19H20N2O6S/c1-12(18(22)20-14-4-8-16(26-3)9-5-14)27-19(23)13(2)28-17-10-6-15(7-11-17)21(24)25/h4-13H,1-3H3,(H,20,22)/t12-,13+/m1/s1. The smallest absolute Gasteiger partial charge is 0.319 e. The number of carbonyl (C=O) groups is 2. The zero-order valence-electron chi connectivity index (χ0n) is 15.6. The van der Waals surface area contributed by atoms with Crippen molar-refractivity contribution >= 4 is 35.0 Å². The second kappa shape index (κ2) is 9.75. The van der Waals surface area contributed by atoms with E-state index in [9.17, 15) is 19.7 Å². The first-order chi connectivity index (χ1) is 13.3.